The molecule has 2 atom stereocenters. The molecule has 1 saturated carbocycles. The summed E-state index contributed by atoms with van der Waals surface area (Å²) in [5.74, 6) is 0.993. The number of amides is 1. The third-order valence-corrected chi connectivity index (χ3v) is 4.45. The number of likely N-dealkylation sites (N-methyl/N-ethyl adjacent to an activating group) is 1. The van der Waals surface area contributed by atoms with Crippen molar-refractivity contribution in [2.45, 2.75) is 44.6 Å². The van der Waals surface area contributed by atoms with Crippen molar-refractivity contribution in [2.75, 3.05) is 26.7 Å². The van der Waals surface area contributed by atoms with Gasteiger partial charge >= 0.3 is 0 Å². The number of nitriles is 1. The summed E-state index contributed by atoms with van der Waals surface area (Å²) in [7, 11) is 1.80. The van der Waals surface area contributed by atoms with E-state index in [0.29, 0.717) is 25.6 Å². The molecule has 0 N–H and O–H groups in total. The molecule has 2 fully saturated rings. The monoisotopic (exact) mass is 249 g/mol. The molecular weight excluding hydrogens is 226 g/mol. The van der Waals surface area contributed by atoms with Gasteiger partial charge in [0.15, 0.2) is 0 Å². The molecular formula is C14H23N3O. The highest BCUT2D eigenvalue weighted by molar-refractivity contribution is 5.78. The van der Waals surface area contributed by atoms with E-state index in [0.717, 1.165) is 12.5 Å². The second-order valence-electron chi connectivity index (χ2n) is 5.59. The molecule has 1 heterocycles. The molecule has 2 unspecified atom stereocenters. The van der Waals surface area contributed by atoms with Gasteiger partial charge in [-0.1, -0.05) is 12.8 Å². The van der Waals surface area contributed by atoms with Crippen LogP contribution in [-0.2, 0) is 4.79 Å². The number of nitrogens with zero attached hydrogens (tertiary/aromatic N) is 3. The molecule has 1 saturated heterocycles. The van der Waals surface area contributed by atoms with Crippen LogP contribution < -0.4 is 0 Å². The molecule has 1 amide bonds. The Morgan fingerprint density at radius 3 is 2.94 bits per heavy atom. The Balaban J connectivity index is 1.82. The van der Waals surface area contributed by atoms with Crippen molar-refractivity contribution in [2.24, 2.45) is 5.92 Å². The predicted molar refractivity (Wildman–Crippen MR) is 69.8 cm³/mol. The number of rotatable bonds is 4. The summed E-state index contributed by atoms with van der Waals surface area (Å²) >= 11 is 0. The smallest absolute Gasteiger partial charge is 0.236 e. The minimum absolute atomic E-state index is 0.163. The molecule has 4 nitrogen and oxygen atoms in total. The molecule has 100 valence electrons. The standard InChI is InChI=1S/C14H23N3O/c1-16(9-4-8-15)14(18)11-17-10-7-12-5-2-3-6-13(12)17/h12-13H,2-7,9-11H2,1H3. The van der Waals surface area contributed by atoms with Crippen LogP contribution in [0.25, 0.3) is 0 Å². The largest absolute Gasteiger partial charge is 0.344 e. The van der Waals surface area contributed by atoms with Crippen LogP contribution in [0.2, 0.25) is 0 Å². The highest BCUT2D eigenvalue weighted by Crippen LogP contribution is 2.35. The van der Waals surface area contributed by atoms with E-state index in [1.165, 1.54) is 32.1 Å². The Hall–Kier alpha value is -1.08. The van der Waals surface area contributed by atoms with Crippen molar-refractivity contribution >= 4 is 5.91 Å². The molecule has 0 aromatic rings. The Bertz CT molecular complexity index is 336. The average Bonchev–Trinajstić information content (AvgIpc) is 2.79. The van der Waals surface area contributed by atoms with Gasteiger partial charge < -0.3 is 4.90 Å². The molecule has 2 aliphatic rings. The fraction of sp³-hybridized carbons (Fsp3) is 0.857. The molecule has 0 aromatic carbocycles. The summed E-state index contributed by atoms with van der Waals surface area (Å²) < 4.78 is 0. The van der Waals surface area contributed by atoms with Gasteiger partial charge in [-0.25, -0.2) is 0 Å². The Morgan fingerprint density at radius 2 is 2.17 bits per heavy atom. The maximum Gasteiger partial charge on any atom is 0.236 e. The van der Waals surface area contributed by atoms with Gasteiger partial charge in [0, 0.05) is 19.6 Å². The van der Waals surface area contributed by atoms with Crippen molar-refractivity contribution in [3.05, 3.63) is 0 Å². The maximum atomic E-state index is 12.1. The van der Waals surface area contributed by atoms with Gasteiger partial charge in [0.25, 0.3) is 0 Å². The Labute approximate surface area is 110 Å². The normalized spacial score (nSPS) is 27.6. The Morgan fingerprint density at radius 1 is 1.39 bits per heavy atom. The summed E-state index contributed by atoms with van der Waals surface area (Å²) in [6.07, 6.45) is 6.98. The molecule has 1 aliphatic carbocycles. The third-order valence-electron chi connectivity index (χ3n) is 4.45. The van der Waals surface area contributed by atoms with E-state index in [-0.39, 0.29) is 5.91 Å². The average molecular weight is 249 g/mol. The molecule has 0 bridgehead atoms. The number of fused-ring (bicyclic) bond motifs is 1. The molecule has 0 spiro atoms. The van der Waals surface area contributed by atoms with Crippen molar-refractivity contribution in [1.82, 2.24) is 9.80 Å². The van der Waals surface area contributed by atoms with Crippen LogP contribution >= 0.6 is 0 Å². The van der Waals surface area contributed by atoms with Crippen LogP contribution in [0, 0.1) is 17.2 Å². The SMILES string of the molecule is CN(CCC#N)C(=O)CN1CCC2CCCCC21. The van der Waals surface area contributed by atoms with Crippen LogP contribution in [0.4, 0.5) is 0 Å². The van der Waals surface area contributed by atoms with Gasteiger partial charge in [0.05, 0.1) is 19.0 Å². The molecule has 18 heavy (non-hydrogen) atoms. The molecule has 2 rings (SSSR count). The summed E-state index contributed by atoms with van der Waals surface area (Å²) in [5.41, 5.74) is 0. The summed E-state index contributed by atoms with van der Waals surface area (Å²) in [6, 6.07) is 2.73. The van der Waals surface area contributed by atoms with E-state index in [4.69, 9.17) is 5.26 Å². The van der Waals surface area contributed by atoms with Crippen molar-refractivity contribution in [1.29, 1.82) is 5.26 Å². The topological polar surface area (TPSA) is 47.3 Å². The zero-order valence-corrected chi connectivity index (χ0v) is 11.3. The first kappa shape index (κ1) is 13.4. The van der Waals surface area contributed by atoms with E-state index in [2.05, 4.69) is 11.0 Å². The van der Waals surface area contributed by atoms with Crippen LogP contribution in [0.1, 0.15) is 38.5 Å². The fourth-order valence-corrected chi connectivity index (χ4v) is 3.34. The lowest BCUT2D eigenvalue weighted by Crippen LogP contribution is -2.42. The van der Waals surface area contributed by atoms with Gasteiger partial charge in [-0.2, -0.15) is 5.26 Å². The van der Waals surface area contributed by atoms with Gasteiger partial charge in [-0.15, -0.1) is 0 Å². The van der Waals surface area contributed by atoms with Gasteiger partial charge in [0.1, 0.15) is 0 Å². The number of hydrogen-bond donors (Lipinski definition) is 0. The molecule has 0 radical (unpaired) electrons. The summed E-state index contributed by atoms with van der Waals surface area (Å²) in [4.78, 5) is 16.1. The molecule has 1 aliphatic heterocycles. The number of likely N-dealkylation sites (tertiary alicyclic amines) is 1. The predicted octanol–water partition coefficient (Wildman–Crippen LogP) is 1.62. The summed E-state index contributed by atoms with van der Waals surface area (Å²) in [6.45, 7) is 2.17. The minimum Gasteiger partial charge on any atom is -0.344 e. The molecule has 4 heteroatoms. The number of carbonyl (C=O) groups is 1. The highest BCUT2D eigenvalue weighted by Gasteiger charge is 2.36. The van der Waals surface area contributed by atoms with Crippen molar-refractivity contribution in [3.63, 3.8) is 0 Å². The van der Waals surface area contributed by atoms with E-state index in [1.807, 2.05) is 0 Å². The third kappa shape index (κ3) is 3.02. The zero-order valence-electron chi connectivity index (χ0n) is 11.3. The van der Waals surface area contributed by atoms with E-state index >= 15 is 0 Å². The van der Waals surface area contributed by atoms with Crippen molar-refractivity contribution < 1.29 is 4.79 Å². The van der Waals surface area contributed by atoms with Gasteiger partial charge in [-0.05, 0) is 31.7 Å². The fourth-order valence-electron chi connectivity index (χ4n) is 3.34. The first-order valence-electron chi connectivity index (χ1n) is 7.07. The van der Waals surface area contributed by atoms with Gasteiger partial charge in [-0.3, -0.25) is 9.69 Å². The zero-order chi connectivity index (χ0) is 13.0. The van der Waals surface area contributed by atoms with Crippen molar-refractivity contribution in [3.8, 4) is 6.07 Å². The molecule has 0 aromatic heterocycles. The second kappa shape index (κ2) is 6.19. The van der Waals surface area contributed by atoms with Crippen LogP contribution in [0.3, 0.4) is 0 Å². The van der Waals surface area contributed by atoms with Crippen LogP contribution in [-0.4, -0.2) is 48.4 Å². The van der Waals surface area contributed by atoms with E-state index in [9.17, 15) is 4.79 Å². The lowest BCUT2D eigenvalue weighted by Gasteiger charge is -2.32. The van der Waals surface area contributed by atoms with E-state index in [1.54, 1.807) is 11.9 Å². The van der Waals surface area contributed by atoms with Crippen LogP contribution in [0.5, 0.6) is 0 Å². The summed E-state index contributed by atoms with van der Waals surface area (Å²) in [5, 5.41) is 8.54. The first-order valence-corrected chi connectivity index (χ1v) is 7.07. The number of carbonyl (C=O) groups excluding carboxylic acids is 1. The minimum atomic E-state index is 0.163. The second-order valence-corrected chi connectivity index (χ2v) is 5.59. The lowest BCUT2D eigenvalue weighted by atomic mass is 9.85. The number of hydrogen-bond acceptors (Lipinski definition) is 3. The van der Waals surface area contributed by atoms with Crippen LogP contribution in [0.15, 0.2) is 0 Å². The quantitative estimate of drug-likeness (QED) is 0.760. The highest BCUT2D eigenvalue weighted by atomic mass is 16.2. The lowest BCUT2D eigenvalue weighted by molar-refractivity contribution is -0.131. The van der Waals surface area contributed by atoms with E-state index < -0.39 is 0 Å². The Kier molecular flexibility index (Phi) is 4.60. The van der Waals surface area contributed by atoms with Gasteiger partial charge in [0.2, 0.25) is 5.91 Å². The maximum absolute atomic E-state index is 12.1. The first-order chi connectivity index (χ1) is 8.72.